The lowest BCUT2D eigenvalue weighted by molar-refractivity contribution is -0.119. The van der Waals surface area contributed by atoms with Gasteiger partial charge in [-0.25, -0.2) is 0 Å². The number of aryl methyl sites for hydroxylation is 2. The van der Waals surface area contributed by atoms with Gasteiger partial charge < -0.3 is 10.5 Å². The normalized spacial score (nSPS) is 19.9. The molecule has 3 unspecified atom stereocenters. The van der Waals surface area contributed by atoms with Gasteiger partial charge in [0.05, 0.1) is 0 Å². The van der Waals surface area contributed by atoms with Gasteiger partial charge in [0, 0.05) is 4.83 Å². The topological polar surface area (TPSA) is 55.6 Å². The Kier molecular flexibility index (Phi) is 6.49. The zero-order valence-electron chi connectivity index (χ0n) is 15.2. The van der Waals surface area contributed by atoms with Gasteiger partial charge in [-0.3, -0.25) is 4.79 Å². The maximum Gasteiger partial charge on any atom is 0.249 e. The summed E-state index contributed by atoms with van der Waals surface area (Å²) in [7, 11) is 0. The van der Waals surface area contributed by atoms with Crippen molar-refractivity contribution in [1.29, 1.82) is 0 Å². The molecule has 0 spiro atoms. The van der Waals surface area contributed by atoms with Crippen LogP contribution in [-0.4, -0.2) is 16.8 Å². The zero-order valence-corrected chi connectivity index (χ0v) is 16.7. The smallest absolute Gasteiger partial charge is 0.249 e. The van der Waals surface area contributed by atoms with Crippen LogP contribution in [-0.2, 0) is 22.4 Å². The SMILES string of the molecule is Cc1ccc(CC(Br)CCCCc2ccccc2C2OC2C(N)=O)cc1. The first-order valence-electron chi connectivity index (χ1n) is 9.27. The second-order valence-corrected chi connectivity index (χ2v) is 8.41. The molecule has 0 saturated carbocycles. The molecule has 1 aliphatic heterocycles. The van der Waals surface area contributed by atoms with Gasteiger partial charge in [-0.05, 0) is 49.3 Å². The molecule has 2 aromatic carbocycles. The van der Waals surface area contributed by atoms with Crippen molar-refractivity contribution in [3.63, 3.8) is 0 Å². The summed E-state index contributed by atoms with van der Waals surface area (Å²) < 4.78 is 5.44. The molecule has 26 heavy (non-hydrogen) atoms. The number of epoxide rings is 1. The molecule has 0 aromatic heterocycles. The van der Waals surface area contributed by atoms with Gasteiger partial charge in [-0.1, -0.05) is 76.4 Å². The largest absolute Gasteiger partial charge is 0.367 e. The number of hydrogen-bond acceptors (Lipinski definition) is 2. The summed E-state index contributed by atoms with van der Waals surface area (Å²) in [6.07, 6.45) is 4.92. The Labute approximate surface area is 164 Å². The molecule has 0 aliphatic carbocycles. The molecule has 3 nitrogen and oxygen atoms in total. The number of rotatable bonds is 9. The maximum absolute atomic E-state index is 11.3. The Balaban J connectivity index is 1.44. The van der Waals surface area contributed by atoms with Crippen LogP contribution in [0, 0.1) is 6.92 Å². The van der Waals surface area contributed by atoms with E-state index >= 15 is 0 Å². The lowest BCUT2D eigenvalue weighted by atomic mass is 9.97. The van der Waals surface area contributed by atoms with Gasteiger partial charge >= 0.3 is 0 Å². The van der Waals surface area contributed by atoms with Crippen LogP contribution in [0.3, 0.4) is 0 Å². The summed E-state index contributed by atoms with van der Waals surface area (Å²) >= 11 is 3.82. The van der Waals surface area contributed by atoms with Crippen LogP contribution in [0.1, 0.15) is 47.6 Å². The van der Waals surface area contributed by atoms with E-state index in [1.165, 1.54) is 23.1 Å². The minimum absolute atomic E-state index is 0.144. The molecule has 4 heteroatoms. The first-order valence-corrected chi connectivity index (χ1v) is 10.2. The Bertz CT molecular complexity index is 744. The fourth-order valence-electron chi connectivity index (χ4n) is 3.37. The van der Waals surface area contributed by atoms with Crippen molar-refractivity contribution < 1.29 is 9.53 Å². The second kappa shape index (κ2) is 8.83. The van der Waals surface area contributed by atoms with Crippen LogP contribution in [0.2, 0.25) is 0 Å². The monoisotopic (exact) mass is 415 g/mol. The molecule has 1 aliphatic rings. The van der Waals surface area contributed by atoms with E-state index in [0.717, 1.165) is 31.2 Å². The highest BCUT2D eigenvalue weighted by atomic mass is 79.9. The molecular formula is C22H26BrNO2. The molecule has 1 saturated heterocycles. The minimum Gasteiger partial charge on any atom is -0.367 e. The Morgan fingerprint density at radius 1 is 1.15 bits per heavy atom. The highest BCUT2D eigenvalue weighted by molar-refractivity contribution is 9.09. The van der Waals surface area contributed by atoms with Crippen molar-refractivity contribution in [3.05, 3.63) is 70.8 Å². The van der Waals surface area contributed by atoms with Crippen LogP contribution in [0.4, 0.5) is 0 Å². The highest BCUT2D eigenvalue weighted by Gasteiger charge is 2.45. The Morgan fingerprint density at radius 2 is 1.88 bits per heavy atom. The van der Waals surface area contributed by atoms with Crippen LogP contribution in [0.25, 0.3) is 0 Å². The van der Waals surface area contributed by atoms with Crippen molar-refractivity contribution in [2.24, 2.45) is 5.73 Å². The Morgan fingerprint density at radius 3 is 2.58 bits per heavy atom. The first kappa shape index (κ1) is 19.1. The second-order valence-electron chi connectivity index (χ2n) is 7.11. The number of primary amides is 1. The van der Waals surface area contributed by atoms with E-state index in [1.807, 2.05) is 18.2 Å². The van der Waals surface area contributed by atoms with Gasteiger partial charge in [0.15, 0.2) is 6.10 Å². The third-order valence-corrected chi connectivity index (χ3v) is 5.71. The quantitative estimate of drug-likeness (QED) is 0.368. The third kappa shape index (κ3) is 5.18. The number of hydrogen-bond donors (Lipinski definition) is 1. The number of carbonyl (C=O) groups is 1. The summed E-state index contributed by atoms with van der Waals surface area (Å²) in [5.74, 6) is -0.372. The molecule has 1 amide bonds. The third-order valence-electron chi connectivity index (χ3n) is 4.92. The lowest BCUT2D eigenvalue weighted by Gasteiger charge is -2.11. The fraction of sp³-hybridized carbons (Fsp3) is 0.409. The number of benzene rings is 2. The first-order chi connectivity index (χ1) is 12.5. The number of alkyl halides is 1. The van der Waals surface area contributed by atoms with E-state index in [1.54, 1.807) is 0 Å². The van der Waals surface area contributed by atoms with Crippen molar-refractivity contribution >= 4 is 21.8 Å². The fourth-order valence-corrected chi connectivity index (χ4v) is 4.07. The van der Waals surface area contributed by atoms with E-state index < -0.39 is 6.10 Å². The molecule has 1 fully saturated rings. The van der Waals surface area contributed by atoms with E-state index in [4.69, 9.17) is 10.5 Å². The lowest BCUT2D eigenvalue weighted by Crippen LogP contribution is -2.18. The van der Waals surface area contributed by atoms with Gasteiger partial charge in [0.1, 0.15) is 6.10 Å². The number of unbranched alkanes of at least 4 members (excludes halogenated alkanes) is 1. The van der Waals surface area contributed by atoms with Crippen LogP contribution in [0.15, 0.2) is 48.5 Å². The number of carbonyl (C=O) groups excluding carboxylic acids is 1. The maximum atomic E-state index is 11.3. The van der Waals surface area contributed by atoms with Crippen LogP contribution in [0.5, 0.6) is 0 Å². The van der Waals surface area contributed by atoms with Crippen molar-refractivity contribution in [1.82, 2.24) is 0 Å². The summed E-state index contributed by atoms with van der Waals surface area (Å²) in [6.45, 7) is 2.12. The number of halogens is 1. The number of ether oxygens (including phenoxy) is 1. The average molecular weight is 416 g/mol. The van der Waals surface area contributed by atoms with Gasteiger partial charge in [0.25, 0.3) is 0 Å². The molecule has 138 valence electrons. The van der Waals surface area contributed by atoms with Crippen molar-refractivity contribution in [3.8, 4) is 0 Å². The van der Waals surface area contributed by atoms with Crippen LogP contribution >= 0.6 is 15.9 Å². The summed E-state index contributed by atoms with van der Waals surface area (Å²) in [5.41, 5.74) is 10.4. The van der Waals surface area contributed by atoms with Crippen LogP contribution < -0.4 is 5.73 Å². The molecule has 3 atom stereocenters. The molecule has 0 bridgehead atoms. The minimum atomic E-state index is -0.447. The molecular weight excluding hydrogens is 390 g/mol. The van der Waals surface area contributed by atoms with Crippen molar-refractivity contribution in [2.45, 2.75) is 56.1 Å². The summed E-state index contributed by atoms with van der Waals surface area (Å²) in [4.78, 5) is 11.8. The summed E-state index contributed by atoms with van der Waals surface area (Å²) in [6, 6.07) is 17.0. The van der Waals surface area contributed by atoms with Crippen molar-refractivity contribution in [2.75, 3.05) is 0 Å². The van der Waals surface area contributed by atoms with Gasteiger partial charge in [0.2, 0.25) is 5.91 Å². The standard InChI is InChI=1S/C22H26BrNO2/c1-15-10-12-16(13-11-15)14-18(23)8-4-2-6-17-7-3-5-9-19(17)20-21(26-20)22(24)25/h3,5,7,9-13,18,20-21H,2,4,6,8,14H2,1H3,(H2,24,25). The average Bonchev–Trinajstić information content (AvgIpc) is 3.42. The highest BCUT2D eigenvalue weighted by Crippen LogP contribution is 2.40. The van der Waals surface area contributed by atoms with E-state index in [2.05, 4.69) is 53.2 Å². The molecule has 0 radical (unpaired) electrons. The molecule has 3 rings (SSSR count). The summed E-state index contributed by atoms with van der Waals surface area (Å²) in [5, 5.41) is 0. The predicted molar refractivity (Wildman–Crippen MR) is 108 cm³/mol. The molecule has 2 N–H and O–H groups in total. The number of nitrogens with two attached hydrogens (primary N) is 1. The van der Waals surface area contributed by atoms with E-state index in [0.29, 0.717) is 4.83 Å². The predicted octanol–water partition coefficient (Wildman–Crippen LogP) is 4.64. The van der Waals surface area contributed by atoms with E-state index in [-0.39, 0.29) is 12.0 Å². The Hall–Kier alpha value is -1.65. The van der Waals surface area contributed by atoms with Gasteiger partial charge in [-0.15, -0.1) is 0 Å². The zero-order chi connectivity index (χ0) is 18.5. The van der Waals surface area contributed by atoms with E-state index in [9.17, 15) is 4.79 Å². The van der Waals surface area contributed by atoms with Gasteiger partial charge in [-0.2, -0.15) is 0 Å². The molecule has 2 aromatic rings. The molecule has 1 heterocycles. The number of amides is 1.